The number of oxime groups is 1. The average molecular weight is 471 g/mol. The third-order valence-corrected chi connectivity index (χ3v) is 6.25. The molecule has 2 heterocycles. The molecule has 1 aromatic carbocycles. The summed E-state index contributed by atoms with van der Waals surface area (Å²) in [4.78, 5) is 19.3. The van der Waals surface area contributed by atoms with Crippen LogP contribution in [0.4, 0.5) is 13.2 Å². The van der Waals surface area contributed by atoms with Crippen LogP contribution in [0.15, 0.2) is 17.3 Å². The van der Waals surface area contributed by atoms with E-state index in [9.17, 15) is 26.4 Å². The summed E-state index contributed by atoms with van der Waals surface area (Å²) in [6.07, 6.45) is 0.724. The second-order valence-corrected chi connectivity index (χ2v) is 9.15. The van der Waals surface area contributed by atoms with Crippen molar-refractivity contribution in [1.29, 1.82) is 0 Å². The molecule has 0 N–H and O–H groups in total. The number of carbonyl (C=O) groups is 1. The number of carbonyl (C=O) groups excluding carboxylic acids is 1. The molecule has 3 rings (SSSR count). The number of likely N-dealkylation sites (tertiary alicyclic amines) is 1. The van der Waals surface area contributed by atoms with E-state index in [-0.39, 0.29) is 22.6 Å². The number of alkyl halides is 3. The summed E-state index contributed by atoms with van der Waals surface area (Å²) < 4.78 is 69.6. The van der Waals surface area contributed by atoms with Gasteiger partial charge >= 0.3 is 15.6 Å². The number of nitrogens with zero attached hydrogens (tertiary/aromatic N) is 2. The summed E-state index contributed by atoms with van der Waals surface area (Å²) >= 11 is 5.97. The molecule has 2 atom stereocenters. The molecule has 13 heteroatoms. The zero-order valence-electron chi connectivity index (χ0n) is 16.1. The number of hydrogen-bond donors (Lipinski definition) is 0. The predicted octanol–water partition coefficient (Wildman–Crippen LogP) is 2.73. The maximum atomic E-state index is 12.6. The first-order chi connectivity index (χ1) is 13.8. The van der Waals surface area contributed by atoms with Gasteiger partial charge in [-0.25, -0.2) is 0 Å². The van der Waals surface area contributed by atoms with Gasteiger partial charge in [-0.15, -0.1) is 0 Å². The van der Waals surface area contributed by atoms with Crippen molar-refractivity contribution in [3.63, 3.8) is 0 Å². The molecular formula is C17H18ClF3N2O6S. The predicted molar refractivity (Wildman–Crippen MR) is 100 cm³/mol. The van der Waals surface area contributed by atoms with Gasteiger partial charge in [-0.2, -0.15) is 21.6 Å². The Bertz CT molecular complexity index is 1010. The van der Waals surface area contributed by atoms with Crippen LogP contribution in [0.1, 0.15) is 25.3 Å². The normalized spacial score (nSPS) is 24.6. The SMILES string of the molecule is COc1cc(OS(=O)(=O)C(F)(F)F)c(Cl)cc1C1=NOC2(C1)CC(C(C)=O)N(C)C2. The third-order valence-electron chi connectivity index (χ3n) is 4.99. The van der Waals surface area contributed by atoms with E-state index in [1.165, 1.54) is 20.1 Å². The van der Waals surface area contributed by atoms with Crippen LogP contribution >= 0.6 is 11.6 Å². The highest BCUT2D eigenvalue weighted by atomic mass is 35.5. The van der Waals surface area contributed by atoms with Crippen LogP contribution in [0.25, 0.3) is 0 Å². The number of hydrogen-bond acceptors (Lipinski definition) is 8. The van der Waals surface area contributed by atoms with E-state index in [4.69, 9.17) is 21.2 Å². The van der Waals surface area contributed by atoms with Crippen molar-refractivity contribution in [1.82, 2.24) is 4.90 Å². The fourth-order valence-electron chi connectivity index (χ4n) is 3.61. The summed E-state index contributed by atoms with van der Waals surface area (Å²) in [7, 11) is -2.86. The lowest BCUT2D eigenvalue weighted by atomic mass is 9.91. The van der Waals surface area contributed by atoms with Crippen LogP contribution in [0.5, 0.6) is 11.5 Å². The standard InChI is InChI=1S/C17H18ClF3N2O6S/c1-9(24)13-7-16(8-23(13)2)6-12(22-29-16)10-4-11(18)15(5-14(10)27-3)28-30(25,26)17(19,20)21/h4-5,13H,6-8H2,1-3H3. The Morgan fingerprint density at radius 2 is 2.03 bits per heavy atom. The highest BCUT2D eigenvalue weighted by Crippen LogP contribution is 2.42. The Kier molecular flexibility index (Phi) is 5.71. The summed E-state index contributed by atoms with van der Waals surface area (Å²) in [6, 6.07) is 1.82. The van der Waals surface area contributed by atoms with Crippen LogP contribution in [0.3, 0.4) is 0 Å². The molecule has 1 saturated heterocycles. The lowest BCUT2D eigenvalue weighted by molar-refractivity contribution is -0.121. The minimum absolute atomic E-state index is 0.000532. The first-order valence-electron chi connectivity index (χ1n) is 8.63. The fraction of sp³-hybridized carbons (Fsp3) is 0.529. The van der Waals surface area contributed by atoms with Crippen molar-refractivity contribution < 1.29 is 40.1 Å². The second kappa shape index (κ2) is 7.57. The van der Waals surface area contributed by atoms with Gasteiger partial charge < -0.3 is 13.8 Å². The maximum absolute atomic E-state index is 12.6. The highest BCUT2D eigenvalue weighted by Gasteiger charge is 2.51. The van der Waals surface area contributed by atoms with Crippen molar-refractivity contribution in [3.05, 3.63) is 22.7 Å². The van der Waals surface area contributed by atoms with E-state index in [1.807, 2.05) is 4.90 Å². The number of methoxy groups -OCH3 is 1. The van der Waals surface area contributed by atoms with Crippen LogP contribution < -0.4 is 8.92 Å². The molecule has 1 spiro atoms. The number of benzene rings is 1. The van der Waals surface area contributed by atoms with Gasteiger partial charge in [0, 0.05) is 31.0 Å². The molecule has 166 valence electrons. The number of ether oxygens (including phenoxy) is 1. The summed E-state index contributed by atoms with van der Waals surface area (Å²) in [6.45, 7) is 1.94. The Balaban J connectivity index is 1.88. The molecule has 0 amide bonds. The first-order valence-corrected chi connectivity index (χ1v) is 10.4. The second-order valence-electron chi connectivity index (χ2n) is 7.20. The number of Topliss-reactive ketones (excluding diaryl/α,β-unsaturated/α-hetero) is 1. The van der Waals surface area contributed by atoms with Crippen LogP contribution in [0, 0.1) is 0 Å². The molecule has 2 aliphatic heterocycles. The van der Waals surface area contributed by atoms with Crippen LogP contribution in [-0.2, 0) is 19.8 Å². The van der Waals surface area contributed by atoms with E-state index in [2.05, 4.69) is 9.34 Å². The molecule has 0 aromatic heterocycles. The van der Waals surface area contributed by atoms with E-state index >= 15 is 0 Å². The van der Waals surface area contributed by atoms with Crippen molar-refractivity contribution in [2.24, 2.45) is 5.16 Å². The molecular weight excluding hydrogens is 453 g/mol. The molecule has 30 heavy (non-hydrogen) atoms. The average Bonchev–Trinajstić information content (AvgIpc) is 3.18. The van der Waals surface area contributed by atoms with Gasteiger partial charge in [0.15, 0.2) is 11.4 Å². The minimum Gasteiger partial charge on any atom is -0.496 e. The Morgan fingerprint density at radius 3 is 2.57 bits per heavy atom. The van der Waals surface area contributed by atoms with Gasteiger partial charge in [0.05, 0.1) is 23.9 Å². The van der Waals surface area contributed by atoms with Crippen molar-refractivity contribution in [2.45, 2.75) is 36.9 Å². The third kappa shape index (κ3) is 4.08. The van der Waals surface area contributed by atoms with Crippen LogP contribution in [0.2, 0.25) is 5.02 Å². The number of ketones is 1. The molecule has 2 aliphatic rings. The molecule has 0 saturated carbocycles. The largest absolute Gasteiger partial charge is 0.534 e. The quantitative estimate of drug-likeness (QED) is 0.482. The zero-order chi connectivity index (χ0) is 22.5. The fourth-order valence-corrected chi connectivity index (χ4v) is 4.33. The topological polar surface area (TPSA) is 94.5 Å². The molecule has 0 bridgehead atoms. The Labute approximate surface area is 175 Å². The van der Waals surface area contributed by atoms with E-state index < -0.39 is 27.0 Å². The van der Waals surface area contributed by atoms with E-state index in [0.717, 1.165) is 6.07 Å². The van der Waals surface area contributed by atoms with E-state index in [0.29, 0.717) is 30.7 Å². The Hall–Kier alpha value is -2.05. The molecule has 0 radical (unpaired) electrons. The summed E-state index contributed by atoms with van der Waals surface area (Å²) in [5.74, 6) is -0.735. The van der Waals surface area contributed by atoms with Gasteiger partial charge in [0.2, 0.25) is 0 Å². The smallest absolute Gasteiger partial charge is 0.496 e. The van der Waals surface area contributed by atoms with Gasteiger partial charge in [-0.1, -0.05) is 16.8 Å². The number of likely N-dealkylation sites (N-methyl/N-ethyl adjacent to an activating group) is 1. The monoisotopic (exact) mass is 470 g/mol. The highest BCUT2D eigenvalue weighted by molar-refractivity contribution is 7.88. The van der Waals surface area contributed by atoms with Gasteiger partial charge in [0.1, 0.15) is 11.5 Å². The zero-order valence-corrected chi connectivity index (χ0v) is 17.7. The summed E-state index contributed by atoms with van der Waals surface area (Å²) in [5, 5.41) is 3.68. The van der Waals surface area contributed by atoms with Crippen molar-refractivity contribution in [3.8, 4) is 11.5 Å². The van der Waals surface area contributed by atoms with Gasteiger partial charge in [-0.05, 0) is 20.0 Å². The lowest BCUT2D eigenvalue weighted by Crippen LogP contribution is -2.33. The van der Waals surface area contributed by atoms with Gasteiger partial charge in [-0.3, -0.25) is 9.69 Å². The molecule has 0 aliphatic carbocycles. The minimum atomic E-state index is -5.90. The van der Waals surface area contributed by atoms with E-state index in [1.54, 1.807) is 7.05 Å². The molecule has 2 unspecified atom stereocenters. The van der Waals surface area contributed by atoms with Gasteiger partial charge in [0.25, 0.3) is 0 Å². The first kappa shape index (κ1) is 22.6. The van der Waals surface area contributed by atoms with Crippen molar-refractivity contribution in [2.75, 3.05) is 20.7 Å². The molecule has 1 aromatic rings. The number of halogens is 4. The molecule has 1 fully saturated rings. The maximum Gasteiger partial charge on any atom is 0.534 e. The lowest BCUT2D eigenvalue weighted by Gasteiger charge is -2.20. The summed E-state index contributed by atoms with van der Waals surface area (Å²) in [5.41, 5.74) is -5.63. The van der Waals surface area contributed by atoms with Crippen LogP contribution in [-0.4, -0.2) is 62.7 Å². The molecule has 8 nitrogen and oxygen atoms in total. The van der Waals surface area contributed by atoms with Crippen molar-refractivity contribution >= 4 is 33.2 Å². The Morgan fingerprint density at radius 1 is 1.37 bits per heavy atom. The number of rotatable bonds is 5.